The average molecular weight is 289 g/mol. The zero-order valence-electron chi connectivity index (χ0n) is 12.9. The molecule has 0 heterocycles. The van der Waals surface area contributed by atoms with Gasteiger partial charge >= 0.3 is 0 Å². The summed E-state index contributed by atoms with van der Waals surface area (Å²) in [6.07, 6.45) is 3.11. The Labute approximate surface area is 125 Å². The first-order chi connectivity index (χ1) is 9.92. The van der Waals surface area contributed by atoms with E-state index in [-0.39, 0.29) is 11.7 Å². The van der Waals surface area contributed by atoms with Crippen molar-refractivity contribution in [2.75, 3.05) is 11.9 Å². The molecule has 0 spiro atoms. The molecule has 1 aliphatic rings. The first-order valence-corrected chi connectivity index (χ1v) is 7.26. The van der Waals surface area contributed by atoms with Gasteiger partial charge < -0.3 is 15.8 Å². The zero-order chi connectivity index (χ0) is 15.6. The largest absolute Gasteiger partial charge is 0.409 e. The van der Waals surface area contributed by atoms with Crippen molar-refractivity contribution in [1.29, 1.82) is 0 Å². The molecule has 114 valence electrons. The summed E-state index contributed by atoms with van der Waals surface area (Å²) in [5.41, 5.74) is 8.04. The molecule has 0 aromatic heterocycles. The fourth-order valence-electron chi connectivity index (χ4n) is 3.27. The Bertz CT molecular complexity index is 575. The molecule has 1 aliphatic carbocycles. The number of carbonyl (C=O) groups is 1. The number of amidine groups is 1. The Morgan fingerprint density at radius 1 is 1.33 bits per heavy atom. The Morgan fingerprint density at radius 2 is 1.95 bits per heavy atom. The van der Waals surface area contributed by atoms with Gasteiger partial charge in [-0.3, -0.25) is 4.79 Å². The van der Waals surface area contributed by atoms with Crippen LogP contribution in [0.1, 0.15) is 36.8 Å². The molecule has 1 aromatic rings. The standard InChI is InChI=1S/C16H23N3O2/c1-11-6-7-13(12(2)10-11)19(3)15(20)16(14(17)18-21)8-4-5-9-16/h6-7,10,21H,4-5,8-9H2,1-3H3,(H2,17,18). The quantitative estimate of drug-likeness (QED) is 0.388. The zero-order valence-corrected chi connectivity index (χ0v) is 12.9. The number of rotatable bonds is 3. The van der Waals surface area contributed by atoms with Crippen molar-refractivity contribution in [3.8, 4) is 0 Å². The number of amides is 1. The molecule has 21 heavy (non-hydrogen) atoms. The van der Waals surface area contributed by atoms with Crippen LogP contribution >= 0.6 is 0 Å². The van der Waals surface area contributed by atoms with Crippen molar-refractivity contribution in [3.63, 3.8) is 0 Å². The van der Waals surface area contributed by atoms with Crippen LogP contribution in [0, 0.1) is 19.3 Å². The second-order valence-corrected chi connectivity index (χ2v) is 5.93. The predicted octanol–water partition coefficient (Wildman–Crippen LogP) is 2.57. The van der Waals surface area contributed by atoms with Crippen LogP contribution in [0.3, 0.4) is 0 Å². The maximum absolute atomic E-state index is 13.0. The van der Waals surface area contributed by atoms with E-state index in [4.69, 9.17) is 10.9 Å². The summed E-state index contributed by atoms with van der Waals surface area (Å²) >= 11 is 0. The fraction of sp³-hybridized carbons (Fsp3) is 0.500. The molecule has 1 amide bonds. The summed E-state index contributed by atoms with van der Waals surface area (Å²) in [5.74, 6) is -0.0659. The summed E-state index contributed by atoms with van der Waals surface area (Å²) in [6, 6.07) is 5.97. The molecule has 3 N–H and O–H groups in total. The third-order valence-corrected chi connectivity index (χ3v) is 4.48. The van der Waals surface area contributed by atoms with E-state index in [1.165, 1.54) is 0 Å². The van der Waals surface area contributed by atoms with Gasteiger partial charge in [0, 0.05) is 12.7 Å². The van der Waals surface area contributed by atoms with E-state index in [1.807, 2.05) is 32.0 Å². The number of carbonyl (C=O) groups excluding carboxylic acids is 1. The Morgan fingerprint density at radius 3 is 2.48 bits per heavy atom. The van der Waals surface area contributed by atoms with E-state index in [2.05, 4.69) is 5.16 Å². The lowest BCUT2D eigenvalue weighted by atomic mass is 9.83. The van der Waals surface area contributed by atoms with E-state index in [1.54, 1.807) is 11.9 Å². The average Bonchev–Trinajstić information content (AvgIpc) is 2.95. The molecule has 0 radical (unpaired) electrons. The molecule has 1 fully saturated rings. The fourth-order valence-corrected chi connectivity index (χ4v) is 3.27. The molecule has 1 aromatic carbocycles. The van der Waals surface area contributed by atoms with Crippen LogP contribution in [-0.4, -0.2) is 24.0 Å². The molecule has 5 nitrogen and oxygen atoms in total. The van der Waals surface area contributed by atoms with Gasteiger partial charge in [0.1, 0.15) is 5.41 Å². The monoisotopic (exact) mass is 289 g/mol. The molecular weight excluding hydrogens is 266 g/mol. The molecule has 0 bridgehead atoms. The first kappa shape index (κ1) is 15.4. The Balaban J connectivity index is 2.37. The van der Waals surface area contributed by atoms with E-state index < -0.39 is 5.41 Å². The summed E-state index contributed by atoms with van der Waals surface area (Å²) < 4.78 is 0. The van der Waals surface area contributed by atoms with E-state index >= 15 is 0 Å². The van der Waals surface area contributed by atoms with Crippen LogP contribution in [0.15, 0.2) is 23.4 Å². The van der Waals surface area contributed by atoms with Gasteiger partial charge in [-0.25, -0.2) is 0 Å². The topological polar surface area (TPSA) is 78.9 Å². The third-order valence-electron chi connectivity index (χ3n) is 4.48. The minimum atomic E-state index is -0.860. The molecule has 0 atom stereocenters. The minimum absolute atomic E-state index is 0.0293. The molecular formula is C16H23N3O2. The van der Waals surface area contributed by atoms with Gasteiger partial charge in [-0.15, -0.1) is 0 Å². The van der Waals surface area contributed by atoms with Gasteiger partial charge in [0.15, 0.2) is 5.84 Å². The normalized spacial score (nSPS) is 17.8. The summed E-state index contributed by atoms with van der Waals surface area (Å²) in [6.45, 7) is 4.00. The Kier molecular flexibility index (Phi) is 4.21. The molecule has 5 heteroatoms. The lowest BCUT2D eigenvalue weighted by Crippen LogP contribution is -2.49. The molecule has 1 saturated carbocycles. The van der Waals surface area contributed by atoms with Crippen LogP contribution < -0.4 is 10.6 Å². The predicted molar refractivity (Wildman–Crippen MR) is 83.6 cm³/mol. The van der Waals surface area contributed by atoms with Crippen LogP contribution in [0.4, 0.5) is 5.69 Å². The second-order valence-electron chi connectivity index (χ2n) is 5.93. The highest BCUT2D eigenvalue weighted by atomic mass is 16.4. The lowest BCUT2D eigenvalue weighted by molar-refractivity contribution is -0.124. The number of hydrogen-bond donors (Lipinski definition) is 2. The van der Waals surface area contributed by atoms with Crippen molar-refractivity contribution in [2.24, 2.45) is 16.3 Å². The number of nitrogens with two attached hydrogens (primary N) is 1. The van der Waals surface area contributed by atoms with Crippen molar-refractivity contribution < 1.29 is 10.0 Å². The lowest BCUT2D eigenvalue weighted by Gasteiger charge is -2.32. The van der Waals surface area contributed by atoms with Gasteiger partial charge in [-0.05, 0) is 38.3 Å². The number of hydrogen-bond acceptors (Lipinski definition) is 3. The van der Waals surface area contributed by atoms with E-state index in [0.717, 1.165) is 29.7 Å². The summed E-state index contributed by atoms with van der Waals surface area (Å²) in [7, 11) is 1.75. The highest BCUT2D eigenvalue weighted by molar-refractivity contribution is 6.13. The highest BCUT2D eigenvalue weighted by Crippen LogP contribution is 2.41. The van der Waals surface area contributed by atoms with Crippen LogP contribution in [0.5, 0.6) is 0 Å². The maximum Gasteiger partial charge on any atom is 0.240 e. The minimum Gasteiger partial charge on any atom is -0.409 e. The highest BCUT2D eigenvalue weighted by Gasteiger charge is 2.47. The number of nitrogens with zero attached hydrogens (tertiary/aromatic N) is 2. The van der Waals surface area contributed by atoms with Crippen molar-refractivity contribution in [2.45, 2.75) is 39.5 Å². The van der Waals surface area contributed by atoms with E-state index in [9.17, 15) is 4.79 Å². The number of oxime groups is 1. The number of anilines is 1. The summed E-state index contributed by atoms with van der Waals surface area (Å²) in [4.78, 5) is 14.6. The smallest absolute Gasteiger partial charge is 0.240 e. The van der Waals surface area contributed by atoms with Crippen LogP contribution in [0.2, 0.25) is 0 Å². The third kappa shape index (κ3) is 2.60. The van der Waals surface area contributed by atoms with Crippen molar-refractivity contribution >= 4 is 17.4 Å². The van der Waals surface area contributed by atoms with Crippen LogP contribution in [-0.2, 0) is 4.79 Å². The van der Waals surface area contributed by atoms with Crippen molar-refractivity contribution in [1.82, 2.24) is 0 Å². The number of benzene rings is 1. The number of aryl methyl sites for hydroxylation is 2. The molecule has 2 rings (SSSR count). The Hall–Kier alpha value is -2.04. The first-order valence-electron chi connectivity index (χ1n) is 7.26. The van der Waals surface area contributed by atoms with E-state index in [0.29, 0.717) is 12.8 Å². The van der Waals surface area contributed by atoms with Gasteiger partial charge in [0.25, 0.3) is 0 Å². The van der Waals surface area contributed by atoms with Gasteiger partial charge in [-0.1, -0.05) is 35.7 Å². The molecule has 0 aliphatic heterocycles. The van der Waals surface area contributed by atoms with Crippen molar-refractivity contribution in [3.05, 3.63) is 29.3 Å². The molecule has 0 unspecified atom stereocenters. The second kappa shape index (κ2) is 5.76. The SMILES string of the molecule is Cc1ccc(N(C)C(=O)C2(C(N)=NO)CCCC2)c(C)c1. The van der Waals surface area contributed by atoms with Gasteiger partial charge in [0.05, 0.1) is 0 Å². The van der Waals surface area contributed by atoms with Gasteiger partial charge in [0.2, 0.25) is 5.91 Å². The summed E-state index contributed by atoms with van der Waals surface area (Å²) in [5, 5.41) is 12.2. The van der Waals surface area contributed by atoms with Gasteiger partial charge in [-0.2, -0.15) is 0 Å². The molecule has 0 saturated heterocycles. The maximum atomic E-state index is 13.0. The van der Waals surface area contributed by atoms with Crippen LogP contribution in [0.25, 0.3) is 0 Å².